The first kappa shape index (κ1) is 32.0. The van der Waals surface area contributed by atoms with Crippen molar-refractivity contribution in [3.05, 3.63) is 150 Å². The quantitative estimate of drug-likeness (QED) is 0.167. The van der Waals surface area contributed by atoms with E-state index in [1.165, 1.54) is 44.2 Å². The van der Waals surface area contributed by atoms with E-state index in [2.05, 4.69) is 122 Å². The number of fused-ring (bicyclic) bond motifs is 4. The molecule has 0 aliphatic carbocycles. The minimum Gasteiger partial charge on any atom is -0.506 e. The second-order valence-corrected chi connectivity index (χ2v) is 11.9. The fourth-order valence-electron chi connectivity index (χ4n) is 5.79. The van der Waals surface area contributed by atoms with Crippen molar-refractivity contribution in [3.63, 3.8) is 0 Å². The molecule has 4 aromatic carbocycles. The van der Waals surface area contributed by atoms with Crippen molar-refractivity contribution in [1.82, 2.24) is 15.0 Å². The Morgan fingerprint density at radius 1 is 0.617 bits per heavy atom. The van der Waals surface area contributed by atoms with Crippen LogP contribution in [0.15, 0.2) is 114 Å². The Kier molecular flexibility index (Phi) is 9.13. The Morgan fingerprint density at radius 2 is 1.43 bits per heavy atom. The third-order valence-electron chi connectivity index (χ3n) is 8.71. The van der Waals surface area contributed by atoms with Gasteiger partial charge in [-0.05, 0) is 71.6 Å². The molecule has 47 heavy (non-hydrogen) atoms. The summed E-state index contributed by atoms with van der Waals surface area (Å²) in [5.74, 6) is 0. The molecule has 0 saturated heterocycles. The molecule has 8 aromatic rings. The summed E-state index contributed by atoms with van der Waals surface area (Å²) in [5, 5.41) is 4.42. The minimum atomic E-state index is 0. The summed E-state index contributed by atoms with van der Waals surface area (Å²) in [6.07, 6.45) is 7.26. The standard InChI is InChI=1S/C27H17N2O.C15H16N.Ir/c1-17-13-21(14-19-5-2-3-6-22(17)19)18-8-11-28-25(16-18)24-15-20-9-12-30-27(20)26-23(24)7-4-10-29-26;1-10-5-6-14(7-11(10)2)15-8-12(3)13(4)9-16-15;/h2-14,16H,1H3;5,7-9H,1-4H3;/q2*-1;. The van der Waals surface area contributed by atoms with E-state index in [1.54, 1.807) is 12.5 Å². The molecule has 0 aliphatic heterocycles. The van der Waals surface area contributed by atoms with E-state index < -0.39 is 0 Å². The van der Waals surface area contributed by atoms with Crippen molar-refractivity contribution >= 4 is 32.6 Å². The molecule has 0 fully saturated rings. The maximum Gasteiger partial charge on any atom is 0.0847 e. The van der Waals surface area contributed by atoms with Crippen LogP contribution in [0, 0.1) is 46.8 Å². The topological polar surface area (TPSA) is 51.8 Å². The molecular formula is C42H33IrN3O-2. The Balaban J connectivity index is 0.000000194. The Morgan fingerprint density at radius 3 is 2.26 bits per heavy atom. The van der Waals surface area contributed by atoms with Crippen LogP contribution in [0.2, 0.25) is 0 Å². The first-order valence-electron chi connectivity index (χ1n) is 15.4. The molecular weight excluding hydrogens is 755 g/mol. The van der Waals surface area contributed by atoms with Gasteiger partial charge >= 0.3 is 0 Å². The van der Waals surface area contributed by atoms with Gasteiger partial charge in [0.15, 0.2) is 0 Å². The molecule has 0 N–H and O–H groups in total. The number of aromatic nitrogens is 3. The first-order chi connectivity index (χ1) is 22.4. The van der Waals surface area contributed by atoms with Crippen LogP contribution < -0.4 is 0 Å². The van der Waals surface area contributed by atoms with Gasteiger partial charge in [0.25, 0.3) is 0 Å². The second kappa shape index (κ2) is 13.4. The molecule has 4 nitrogen and oxygen atoms in total. The summed E-state index contributed by atoms with van der Waals surface area (Å²) < 4.78 is 5.65. The third-order valence-corrected chi connectivity index (χ3v) is 8.71. The molecule has 0 aliphatic rings. The van der Waals surface area contributed by atoms with Crippen molar-refractivity contribution < 1.29 is 24.5 Å². The van der Waals surface area contributed by atoms with Gasteiger partial charge in [0, 0.05) is 56.2 Å². The Labute approximate surface area is 288 Å². The van der Waals surface area contributed by atoms with Gasteiger partial charge in [-0.3, -0.25) is 9.97 Å². The molecule has 0 saturated carbocycles. The molecule has 233 valence electrons. The van der Waals surface area contributed by atoms with Crippen LogP contribution in [0.3, 0.4) is 0 Å². The maximum atomic E-state index is 5.65. The van der Waals surface area contributed by atoms with Crippen molar-refractivity contribution in [1.29, 1.82) is 0 Å². The van der Waals surface area contributed by atoms with Crippen LogP contribution in [0.25, 0.3) is 66.3 Å². The van der Waals surface area contributed by atoms with Gasteiger partial charge in [0.05, 0.1) is 5.58 Å². The van der Waals surface area contributed by atoms with Crippen LogP contribution in [-0.2, 0) is 20.1 Å². The van der Waals surface area contributed by atoms with Crippen LogP contribution in [0.4, 0.5) is 0 Å². The van der Waals surface area contributed by atoms with Gasteiger partial charge in [-0.15, -0.1) is 41.0 Å². The molecule has 4 heterocycles. The van der Waals surface area contributed by atoms with E-state index >= 15 is 0 Å². The van der Waals surface area contributed by atoms with E-state index in [9.17, 15) is 0 Å². The fraction of sp³-hybridized carbons (Fsp3) is 0.119. The summed E-state index contributed by atoms with van der Waals surface area (Å²) in [6, 6.07) is 36.1. The van der Waals surface area contributed by atoms with E-state index in [-0.39, 0.29) is 20.1 Å². The number of hydrogen-bond acceptors (Lipinski definition) is 4. The van der Waals surface area contributed by atoms with E-state index in [4.69, 9.17) is 4.42 Å². The molecule has 5 heteroatoms. The molecule has 0 bridgehead atoms. The Bertz CT molecular complexity index is 2340. The predicted octanol–water partition coefficient (Wildman–Crippen LogP) is 10.8. The molecule has 4 aromatic heterocycles. The Hall–Kier alpha value is -4.96. The SMILES string of the molecule is Cc1c[c-]c(-c2cc(C)c(C)cn2)cc1C.Cc1cc(-c2ccnc(-c3[c-]c4ccoc4c4ncccc34)c2)cc2ccccc12.[Ir]. The summed E-state index contributed by atoms with van der Waals surface area (Å²) >= 11 is 0. The van der Waals surface area contributed by atoms with Crippen molar-refractivity contribution in [2.24, 2.45) is 0 Å². The number of furan rings is 1. The van der Waals surface area contributed by atoms with E-state index in [0.29, 0.717) is 0 Å². The molecule has 8 rings (SSSR count). The molecule has 1 radical (unpaired) electrons. The van der Waals surface area contributed by atoms with Gasteiger partial charge in [-0.1, -0.05) is 96.4 Å². The van der Waals surface area contributed by atoms with Gasteiger partial charge in [-0.25, -0.2) is 0 Å². The average molecular weight is 788 g/mol. The van der Waals surface area contributed by atoms with Crippen molar-refractivity contribution in [3.8, 4) is 33.6 Å². The first-order valence-corrected chi connectivity index (χ1v) is 15.4. The monoisotopic (exact) mass is 788 g/mol. The normalized spacial score (nSPS) is 10.9. The number of pyridine rings is 3. The zero-order valence-electron chi connectivity index (χ0n) is 27.0. The van der Waals surface area contributed by atoms with Gasteiger partial charge in [-0.2, -0.15) is 0 Å². The number of nitrogens with zero attached hydrogens (tertiary/aromatic N) is 3. The van der Waals surface area contributed by atoms with Crippen LogP contribution in [-0.4, -0.2) is 15.0 Å². The van der Waals surface area contributed by atoms with Gasteiger partial charge in [0.2, 0.25) is 0 Å². The minimum absolute atomic E-state index is 0. The zero-order valence-corrected chi connectivity index (χ0v) is 29.4. The zero-order chi connectivity index (χ0) is 31.8. The number of rotatable bonds is 3. The smallest absolute Gasteiger partial charge is 0.0847 e. The third kappa shape index (κ3) is 6.38. The summed E-state index contributed by atoms with van der Waals surface area (Å²) in [7, 11) is 0. The number of benzene rings is 4. The fourth-order valence-corrected chi connectivity index (χ4v) is 5.79. The maximum absolute atomic E-state index is 5.65. The summed E-state index contributed by atoms with van der Waals surface area (Å²) in [6.45, 7) is 10.6. The molecule has 0 unspecified atom stereocenters. The van der Waals surface area contributed by atoms with Gasteiger partial charge in [0.1, 0.15) is 0 Å². The molecule has 0 atom stereocenters. The number of aryl methyl sites for hydroxylation is 5. The van der Waals surface area contributed by atoms with Gasteiger partial charge < -0.3 is 9.40 Å². The summed E-state index contributed by atoms with van der Waals surface area (Å²) in [5.41, 5.74) is 14.1. The molecule has 0 amide bonds. The number of hydrogen-bond donors (Lipinski definition) is 0. The van der Waals surface area contributed by atoms with E-state index in [1.807, 2.05) is 36.7 Å². The van der Waals surface area contributed by atoms with Crippen LogP contribution in [0.1, 0.15) is 27.8 Å². The second-order valence-electron chi connectivity index (χ2n) is 11.9. The average Bonchev–Trinajstić information content (AvgIpc) is 3.57. The van der Waals surface area contributed by atoms with Crippen LogP contribution >= 0.6 is 0 Å². The summed E-state index contributed by atoms with van der Waals surface area (Å²) in [4.78, 5) is 13.7. The predicted molar refractivity (Wildman–Crippen MR) is 189 cm³/mol. The molecule has 0 spiro atoms. The van der Waals surface area contributed by atoms with Crippen molar-refractivity contribution in [2.45, 2.75) is 34.6 Å². The largest absolute Gasteiger partial charge is 0.506 e. The van der Waals surface area contributed by atoms with Crippen molar-refractivity contribution in [2.75, 3.05) is 0 Å². The van der Waals surface area contributed by atoms with E-state index in [0.717, 1.165) is 50.0 Å². The van der Waals surface area contributed by atoms with Crippen LogP contribution in [0.5, 0.6) is 0 Å².